The van der Waals surface area contributed by atoms with E-state index in [1.165, 1.54) is 0 Å². The molecule has 102 valence electrons. The van der Waals surface area contributed by atoms with Crippen molar-refractivity contribution in [1.29, 1.82) is 0 Å². The first-order valence-corrected chi connectivity index (χ1v) is 6.13. The maximum atomic E-state index is 11.1. The summed E-state index contributed by atoms with van der Waals surface area (Å²) in [5.74, 6) is 1.02. The molecule has 6 nitrogen and oxygen atoms in total. The lowest BCUT2D eigenvalue weighted by Gasteiger charge is -2.09. The molecular weight excluding hydrogens is 236 g/mol. The molecule has 1 aromatic rings. The minimum atomic E-state index is -0.760. The van der Waals surface area contributed by atoms with E-state index in [0.717, 1.165) is 12.2 Å². The summed E-state index contributed by atoms with van der Waals surface area (Å²) in [5.41, 5.74) is 0. The molecule has 0 spiro atoms. The van der Waals surface area contributed by atoms with Gasteiger partial charge in [-0.05, 0) is 6.92 Å². The van der Waals surface area contributed by atoms with E-state index in [9.17, 15) is 9.90 Å². The Kier molecular flexibility index (Phi) is 6.38. The Labute approximate surface area is 106 Å². The molecule has 1 aromatic heterocycles. The molecule has 6 heteroatoms. The van der Waals surface area contributed by atoms with Crippen LogP contribution in [0.2, 0.25) is 0 Å². The fourth-order valence-corrected chi connectivity index (χ4v) is 1.42. The first kappa shape index (κ1) is 14.7. The minimum Gasteiger partial charge on any atom is -0.466 e. The average molecular weight is 256 g/mol. The molecule has 0 saturated heterocycles. The fourth-order valence-electron chi connectivity index (χ4n) is 1.42. The summed E-state index contributed by atoms with van der Waals surface area (Å²) in [7, 11) is 0. The van der Waals surface area contributed by atoms with Crippen molar-refractivity contribution in [3.05, 3.63) is 17.8 Å². The number of aromatic nitrogens is 1. The minimum absolute atomic E-state index is 0.00731. The van der Waals surface area contributed by atoms with Gasteiger partial charge in [-0.1, -0.05) is 6.92 Å². The van der Waals surface area contributed by atoms with Gasteiger partial charge in [-0.15, -0.1) is 0 Å². The lowest BCUT2D eigenvalue weighted by Crippen LogP contribution is -2.29. The van der Waals surface area contributed by atoms with Crippen molar-refractivity contribution in [2.24, 2.45) is 0 Å². The number of hydrogen-bond donors (Lipinski definition) is 2. The van der Waals surface area contributed by atoms with E-state index in [2.05, 4.69) is 10.3 Å². The zero-order valence-electron chi connectivity index (χ0n) is 10.8. The predicted octanol–water partition coefficient (Wildman–Crippen LogP) is 0.641. The summed E-state index contributed by atoms with van der Waals surface area (Å²) in [6, 6.07) is 0. The van der Waals surface area contributed by atoms with Crippen LogP contribution in [-0.2, 0) is 22.5 Å². The number of nitrogens with one attached hydrogen (secondary N) is 1. The largest absolute Gasteiger partial charge is 0.466 e. The van der Waals surface area contributed by atoms with Gasteiger partial charge >= 0.3 is 5.97 Å². The summed E-state index contributed by atoms with van der Waals surface area (Å²) in [6.45, 7) is 4.77. The molecule has 0 aliphatic heterocycles. The van der Waals surface area contributed by atoms with E-state index in [-0.39, 0.29) is 6.42 Å². The van der Waals surface area contributed by atoms with Gasteiger partial charge in [0.1, 0.15) is 5.76 Å². The van der Waals surface area contributed by atoms with Crippen molar-refractivity contribution in [3.8, 4) is 0 Å². The van der Waals surface area contributed by atoms with E-state index >= 15 is 0 Å². The summed E-state index contributed by atoms with van der Waals surface area (Å²) >= 11 is 0. The van der Waals surface area contributed by atoms with Gasteiger partial charge in [0.15, 0.2) is 0 Å². The molecule has 1 atom stereocenters. The highest BCUT2D eigenvalue weighted by atomic mass is 16.5. The highest BCUT2D eigenvalue weighted by Gasteiger charge is 2.11. The zero-order chi connectivity index (χ0) is 13.4. The molecule has 0 amide bonds. The van der Waals surface area contributed by atoms with Gasteiger partial charge in [-0.3, -0.25) is 4.79 Å². The van der Waals surface area contributed by atoms with Gasteiger partial charge in [-0.25, -0.2) is 4.98 Å². The number of aliphatic hydroxyl groups is 1. The summed E-state index contributed by atoms with van der Waals surface area (Å²) in [5, 5.41) is 12.5. The van der Waals surface area contributed by atoms with Gasteiger partial charge in [0.2, 0.25) is 5.89 Å². The van der Waals surface area contributed by atoms with Crippen LogP contribution in [0.4, 0.5) is 0 Å². The third-order valence-electron chi connectivity index (χ3n) is 2.31. The lowest BCUT2D eigenvalue weighted by atomic mass is 10.2. The number of ether oxygens (including phenoxy) is 1. The van der Waals surface area contributed by atoms with Crippen molar-refractivity contribution >= 4 is 5.97 Å². The first-order chi connectivity index (χ1) is 8.65. The van der Waals surface area contributed by atoms with Crippen molar-refractivity contribution in [3.63, 3.8) is 0 Å². The smallest absolute Gasteiger partial charge is 0.308 e. The molecular formula is C12H20N2O4. The average Bonchev–Trinajstić information content (AvgIpc) is 2.77. The Bertz CT molecular complexity index is 365. The first-order valence-electron chi connectivity index (χ1n) is 6.13. The van der Waals surface area contributed by atoms with E-state index < -0.39 is 12.1 Å². The molecule has 0 aromatic carbocycles. The number of carbonyl (C=O) groups excluding carboxylic acids is 1. The predicted molar refractivity (Wildman–Crippen MR) is 64.8 cm³/mol. The molecule has 1 heterocycles. The number of oxazole rings is 1. The van der Waals surface area contributed by atoms with Crippen LogP contribution in [0.15, 0.2) is 10.6 Å². The number of hydrogen-bond acceptors (Lipinski definition) is 6. The topological polar surface area (TPSA) is 84.6 Å². The molecule has 0 bridgehead atoms. The maximum Gasteiger partial charge on any atom is 0.308 e. The zero-order valence-corrected chi connectivity index (χ0v) is 10.8. The highest BCUT2D eigenvalue weighted by molar-refractivity contribution is 5.69. The normalized spacial score (nSPS) is 12.4. The van der Waals surface area contributed by atoms with E-state index in [4.69, 9.17) is 9.15 Å². The van der Waals surface area contributed by atoms with Crippen LogP contribution >= 0.6 is 0 Å². The number of carbonyl (C=O) groups is 1. The van der Waals surface area contributed by atoms with Gasteiger partial charge in [0.05, 0.1) is 31.9 Å². The van der Waals surface area contributed by atoms with Crippen LogP contribution in [0.5, 0.6) is 0 Å². The van der Waals surface area contributed by atoms with Gasteiger partial charge in [0.25, 0.3) is 0 Å². The molecule has 0 aliphatic rings. The Morgan fingerprint density at radius 1 is 1.61 bits per heavy atom. The summed E-state index contributed by atoms with van der Waals surface area (Å²) in [4.78, 5) is 15.2. The van der Waals surface area contributed by atoms with E-state index in [0.29, 0.717) is 25.6 Å². The van der Waals surface area contributed by atoms with E-state index in [1.807, 2.05) is 6.92 Å². The van der Waals surface area contributed by atoms with Crippen molar-refractivity contribution in [2.75, 3.05) is 13.2 Å². The van der Waals surface area contributed by atoms with Crippen LogP contribution in [0.3, 0.4) is 0 Å². The molecule has 0 radical (unpaired) electrons. The molecule has 0 aliphatic carbocycles. The number of rotatable bonds is 8. The Morgan fingerprint density at radius 2 is 2.39 bits per heavy atom. The monoisotopic (exact) mass is 256 g/mol. The summed E-state index contributed by atoms with van der Waals surface area (Å²) < 4.78 is 10.1. The van der Waals surface area contributed by atoms with Crippen molar-refractivity contribution < 1.29 is 19.1 Å². The number of aryl methyl sites for hydroxylation is 1. The lowest BCUT2D eigenvalue weighted by molar-refractivity contribution is -0.145. The second-order valence-corrected chi connectivity index (χ2v) is 3.87. The molecule has 0 saturated carbocycles. The molecule has 1 rings (SSSR count). The van der Waals surface area contributed by atoms with Crippen LogP contribution in [0, 0.1) is 0 Å². The van der Waals surface area contributed by atoms with Crippen molar-refractivity contribution in [1.82, 2.24) is 10.3 Å². The highest BCUT2D eigenvalue weighted by Crippen LogP contribution is 2.03. The van der Waals surface area contributed by atoms with Crippen molar-refractivity contribution in [2.45, 2.75) is 39.3 Å². The second-order valence-electron chi connectivity index (χ2n) is 3.87. The van der Waals surface area contributed by atoms with Gasteiger partial charge in [0, 0.05) is 13.0 Å². The third-order valence-corrected chi connectivity index (χ3v) is 2.31. The third kappa shape index (κ3) is 5.29. The van der Waals surface area contributed by atoms with Gasteiger partial charge in [-0.2, -0.15) is 0 Å². The van der Waals surface area contributed by atoms with Crippen LogP contribution in [0.25, 0.3) is 0 Å². The molecule has 2 N–H and O–H groups in total. The SMILES string of the molecule is CCOC(=O)CC(O)CNCc1ncc(CC)o1. The van der Waals surface area contributed by atoms with Gasteiger partial charge < -0.3 is 19.6 Å². The Hall–Kier alpha value is -1.40. The number of nitrogens with zero attached hydrogens (tertiary/aromatic N) is 1. The Balaban J connectivity index is 2.18. The van der Waals surface area contributed by atoms with Crippen LogP contribution in [-0.4, -0.2) is 35.3 Å². The standard InChI is InChI=1S/C12H20N2O4/c1-3-10-7-14-11(18-10)8-13-6-9(15)5-12(16)17-4-2/h7,9,13,15H,3-6,8H2,1-2H3. The summed E-state index contributed by atoms with van der Waals surface area (Å²) in [6.07, 6.45) is 1.72. The fraction of sp³-hybridized carbons (Fsp3) is 0.667. The van der Waals surface area contributed by atoms with Crippen LogP contribution in [0.1, 0.15) is 31.9 Å². The van der Waals surface area contributed by atoms with E-state index in [1.54, 1.807) is 13.1 Å². The molecule has 18 heavy (non-hydrogen) atoms. The van der Waals surface area contributed by atoms with Crippen LogP contribution < -0.4 is 5.32 Å². The number of aliphatic hydroxyl groups excluding tert-OH is 1. The maximum absolute atomic E-state index is 11.1. The second kappa shape index (κ2) is 7.84. The molecule has 1 unspecified atom stereocenters. The quantitative estimate of drug-likeness (QED) is 0.664. The Morgan fingerprint density at radius 3 is 3.00 bits per heavy atom. The molecule has 0 fully saturated rings. The number of esters is 1.